The number of carbonyl (C=O) groups is 1. The molecule has 1 N–H and O–H groups in total. The van der Waals surface area contributed by atoms with Gasteiger partial charge in [0.05, 0.1) is 12.7 Å². The molecule has 0 unspecified atom stereocenters. The van der Waals surface area contributed by atoms with Crippen LogP contribution in [0.1, 0.15) is 59.2 Å². The van der Waals surface area contributed by atoms with Gasteiger partial charge in [0.25, 0.3) is 5.56 Å². The second-order valence-corrected chi connectivity index (χ2v) is 8.08. The van der Waals surface area contributed by atoms with E-state index in [1.165, 1.54) is 56.8 Å². The number of esters is 1. The fourth-order valence-corrected chi connectivity index (χ4v) is 4.16. The lowest BCUT2D eigenvalue weighted by atomic mass is 9.89. The Kier molecular flexibility index (Phi) is 5.95. The molecule has 0 amide bonds. The fourth-order valence-electron chi connectivity index (χ4n) is 4.16. The Morgan fingerprint density at radius 3 is 2.55 bits per heavy atom. The quantitative estimate of drug-likeness (QED) is 0.787. The van der Waals surface area contributed by atoms with Crippen molar-refractivity contribution >= 4 is 12.0 Å². The first-order valence-corrected chi connectivity index (χ1v) is 10.4. The van der Waals surface area contributed by atoms with E-state index in [1.54, 1.807) is 6.07 Å². The molecule has 2 heterocycles. The first kappa shape index (κ1) is 19.6. The number of pyridine rings is 1. The highest BCUT2D eigenvalue weighted by Crippen LogP contribution is 2.29. The number of aromatic nitrogens is 1. The van der Waals surface area contributed by atoms with Crippen molar-refractivity contribution in [3.05, 3.63) is 74.7 Å². The minimum absolute atomic E-state index is 0.179. The maximum atomic E-state index is 12.1. The first-order valence-electron chi connectivity index (χ1n) is 10.4. The lowest BCUT2D eigenvalue weighted by Crippen LogP contribution is -2.43. The Morgan fingerprint density at radius 1 is 1.21 bits per heavy atom. The maximum Gasteiger partial charge on any atom is 0.339 e. The van der Waals surface area contributed by atoms with E-state index < -0.39 is 5.97 Å². The monoisotopic (exact) mass is 392 g/mol. The Hall–Kier alpha value is -2.66. The number of likely N-dealkylation sites (tertiary alicyclic amines) is 1. The Bertz CT molecular complexity index is 945. The summed E-state index contributed by atoms with van der Waals surface area (Å²) in [4.78, 5) is 29.1. The van der Waals surface area contributed by atoms with Crippen LogP contribution in [0, 0.1) is 0 Å². The van der Waals surface area contributed by atoms with Crippen LogP contribution in [0.2, 0.25) is 0 Å². The van der Waals surface area contributed by atoms with Crippen LogP contribution in [0.25, 0.3) is 6.08 Å². The normalized spacial score (nSPS) is 17.6. The number of ether oxygens (including phenoxy) is 1. The minimum Gasteiger partial charge on any atom is -0.465 e. The van der Waals surface area contributed by atoms with Crippen LogP contribution in [0.15, 0.2) is 46.9 Å². The van der Waals surface area contributed by atoms with E-state index in [-0.39, 0.29) is 5.56 Å². The molecule has 5 nitrogen and oxygen atoms in total. The average Bonchev–Trinajstić information content (AvgIpc) is 2.70. The number of nitrogens with one attached hydrogen (secondary N) is 1. The molecule has 1 saturated heterocycles. The molecule has 1 aliphatic carbocycles. The highest BCUT2D eigenvalue weighted by Gasteiger charge is 2.26. The minimum atomic E-state index is -0.451. The molecule has 1 aliphatic heterocycles. The van der Waals surface area contributed by atoms with Crippen molar-refractivity contribution in [2.24, 2.45) is 0 Å². The average molecular weight is 392 g/mol. The summed E-state index contributed by atoms with van der Waals surface area (Å²) in [7, 11) is 1.33. The summed E-state index contributed by atoms with van der Waals surface area (Å²) in [5, 5.41) is 0. The van der Waals surface area contributed by atoms with Gasteiger partial charge >= 0.3 is 5.97 Å². The molecule has 1 aromatic heterocycles. The third kappa shape index (κ3) is 4.67. The van der Waals surface area contributed by atoms with Crippen molar-refractivity contribution in [1.29, 1.82) is 0 Å². The molecule has 0 atom stereocenters. The molecule has 2 aromatic rings. The summed E-state index contributed by atoms with van der Waals surface area (Å²) >= 11 is 0. The largest absolute Gasteiger partial charge is 0.465 e. The van der Waals surface area contributed by atoms with Crippen LogP contribution in [0.4, 0.5) is 0 Å². The second-order valence-electron chi connectivity index (χ2n) is 8.08. The molecule has 1 saturated carbocycles. The van der Waals surface area contributed by atoms with Crippen LogP contribution >= 0.6 is 0 Å². The number of carbonyl (C=O) groups excluding carboxylic acids is 1. The third-order valence-electron chi connectivity index (χ3n) is 6.18. The number of hydrogen-bond acceptors (Lipinski definition) is 4. The van der Waals surface area contributed by atoms with E-state index in [1.807, 2.05) is 0 Å². The van der Waals surface area contributed by atoms with Crippen molar-refractivity contribution in [3.63, 3.8) is 0 Å². The van der Waals surface area contributed by atoms with E-state index >= 15 is 0 Å². The number of piperidine rings is 1. The molecule has 2 fully saturated rings. The van der Waals surface area contributed by atoms with E-state index in [0.717, 1.165) is 24.4 Å². The molecule has 2 aliphatic rings. The summed E-state index contributed by atoms with van der Waals surface area (Å²) in [6, 6.07) is 10.8. The lowest BCUT2D eigenvalue weighted by Gasteiger charge is -2.40. The number of H-pyrrole nitrogens is 1. The SMILES string of the molecule is COC(=O)c1c[nH]c(=O)c(Cc2ccc(C=C3CCN(C4CCC4)CC3)cc2)c1. The van der Waals surface area contributed by atoms with Gasteiger partial charge in [-0.25, -0.2) is 4.79 Å². The number of hydrogen-bond donors (Lipinski definition) is 1. The number of rotatable bonds is 5. The summed E-state index contributed by atoms with van der Waals surface area (Å²) < 4.78 is 4.73. The molecule has 0 spiro atoms. The lowest BCUT2D eigenvalue weighted by molar-refractivity contribution is 0.0600. The van der Waals surface area contributed by atoms with Crippen molar-refractivity contribution in [3.8, 4) is 0 Å². The topological polar surface area (TPSA) is 62.4 Å². The number of nitrogens with zero attached hydrogens (tertiary/aromatic N) is 1. The Morgan fingerprint density at radius 2 is 1.93 bits per heavy atom. The Labute approximate surface area is 171 Å². The maximum absolute atomic E-state index is 12.1. The van der Waals surface area contributed by atoms with Gasteiger partial charge in [0.1, 0.15) is 0 Å². The number of methoxy groups -OCH3 is 1. The van der Waals surface area contributed by atoms with Gasteiger partial charge in [0.2, 0.25) is 0 Å². The Balaban J connectivity index is 1.39. The van der Waals surface area contributed by atoms with Crippen molar-refractivity contribution < 1.29 is 9.53 Å². The van der Waals surface area contributed by atoms with E-state index in [4.69, 9.17) is 4.74 Å². The number of benzene rings is 1. The summed E-state index contributed by atoms with van der Waals surface area (Å²) in [5.41, 5.74) is 4.51. The van der Waals surface area contributed by atoms with Gasteiger partial charge < -0.3 is 9.72 Å². The summed E-state index contributed by atoms with van der Waals surface area (Å²) in [5.74, 6) is -0.451. The smallest absolute Gasteiger partial charge is 0.339 e. The van der Waals surface area contributed by atoms with E-state index in [2.05, 4.69) is 40.2 Å². The van der Waals surface area contributed by atoms with Crippen LogP contribution in [-0.2, 0) is 11.2 Å². The molecular weight excluding hydrogens is 364 g/mol. The molecule has 4 rings (SSSR count). The molecule has 5 heteroatoms. The molecule has 152 valence electrons. The van der Waals surface area contributed by atoms with Gasteiger partial charge in [-0.2, -0.15) is 0 Å². The molecule has 0 bridgehead atoms. The highest BCUT2D eigenvalue weighted by atomic mass is 16.5. The van der Waals surface area contributed by atoms with E-state index in [9.17, 15) is 9.59 Å². The standard InChI is InChI=1S/C24H28N2O3/c1-29-24(28)21-15-20(23(27)25-16-21)14-18-7-5-17(6-8-18)13-19-9-11-26(12-10-19)22-3-2-4-22/h5-8,13,15-16,22H,2-4,9-12,14H2,1H3,(H,25,27). The summed E-state index contributed by atoms with van der Waals surface area (Å²) in [6.45, 7) is 2.38. The van der Waals surface area contributed by atoms with Crippen LogP contribution in [0.3, 0.4) is 0 Å². The summed E-state index contributed by atoms with van der Waals surface area (Å²) in [6.07, 6.45) is 10.7. The van der Waals surface area contributed by atoms with Crippen molar-refractivity contribution in [1.82, 2.24) is 9.88 Å². The van der Waals surface area contributed by atoms with E-state index in [0.29, 0.717) is 17.5 Å². The van der Waals surface area contributed by atoms with Crippen LogP contribution < -0.4 is 5.56 Å². The van der Waals surface area contributed by atoms with Gasteiger partial charge in [-0.05, 0) is 42.9 Å². The molecule has 29 heavy (non-hydrogen) atoms. The molecule has 1 aromatic carbocycles. The fraction of sp³-hybridized carbons (Fsp3) is 0.417. The molecular formula is C24H28N2O3. The van der Waals surface area contributed by atoms with Crippen LogP contribution in [0.5, 0.6) is 0 Å². The van der Waals surface area contributed by atoms with Gasteiger partial charge in [0.15, 0.2) is 0 Å². The zero-order valence-electron chi connectivity index (χ0n) is 16.9. The number of aromatic amines is 1. The van der Waals surface area contributed by atoms with Gasteiger partial charge in [-0.15, -0.1) is 0 Å². The molecule has 0 radical (unpaired) electrons. The van der Waals surface area contributed by atoms with Gasteiger partial charge in [0, 0.05) is 37.3 Å². The zero-order valence-corrected chi connectivity index (χ0v) is 16.9. The van der Waals surface area contributed by atoms with Crippen molar-refractivity contribution in [2.75, 3.05) is 20.2 Å². The third-order valence-corrected chi connectivity index (χ3v) is 6.18. The predicted octanol–water partition coefficient (Wildman–Crippen LogP) is 3.78. The predicted molar refractivity (Wildman–Crippen MR) is 114 cm³/mol. The second kappa shape index (κ2) is 8.78. The zero-order chi connectivity index (χ0) is 20.2. The van der Waals surface area contributed by atoms with Gasteiger partial charge in [-0.1, -0.05) is 42.3 Å². The van der Waals surface area contributed by atoms with Crippen LogP contribution in [-0.4, -0.2) is 42.1 Å². The van der Waals surface area contributed by atoms with Gasteiger partial charge in [-0.3, -0.25) is 9.69 Å². The van der Waals surface area contributed by atoms with Crippen molar-refractivity contribution in [2.45, 2.75) is 44.6 Å². The highest BCUT2D eigenvalue weighted by molar-refractivity contribution is 5.89. The first-order chi connectivity index (χ1) is 14.1.